The molecule has 0 aliphatic heterocycles. The predicted octanol–water partition coefficient (Wildman–Crippen LogP) is 1.19. The maximum absolute atomic E-state index is 11.2. The van der Waals surface area contributed by atoms with Gasteiger partial charge in [-0.2, -0.15) is 0 Å². The SMILES string of the molecule is COC(=O)C1=Cc2ncccc2C1. The van der Waals surface area contributed by atoms with Crippen molar-refractivity contribution in [2.45, 2.75) is 6.42 Å². The summed E-state index contributed by atoms with van der Waals surface area (Å²) in [5, 5.41) is 0. The largest absolute Gasteiger partial charge is 0.466 e. The first-order valence-corrected chi connectivity index (χ1v) is 4.04. The number of esters is 1. The normalized spacial score (nSPS) is 13.5. The fourth-order valence-electron chi connectivity index (χ4n) is 1.41. The molecule has 2 rings (SSSR count). The lowest BCUT2D eigenvalue weighted by Crippen LogP contribution is -2.03. The molecular weight excluding hydrogens is 166 g/mol. The number of nitrogens with zero attached hydrogens (tertiary/aromatic N) is 1. The fourth-order valence-corrected chi connectivity index (χ4v) is 1.41. The first-order valence-electron chi connectivity index (χ1n) is 4.04. The van der Waals surface area contributed by atoms with Crippen molar-refractivity contribution in [3.63, 3.8) is 0 Å². The first kappa shape index (κ1) is 7.98. The van der Waals surface area contributed by atoms with E-state index >= 15 is 0 Å². The van der Waals surface area contributed by atoms with Gasteiger partial charge in [0.25, 0.3) is 0 Å². The molecule has 0 aromatic carbocycles. The molecule has 1 aliphatic rings. The summed E-state index contributed by atoms with van der Waals surface area (Å²) in [4.78, 5) is 15.3. The highest BCUT2D eigenvalue weighted by Gasteiger charge is 2.18. The second-order valence-electron chi connectivity index (χ2n) is 2.89. The van der Waals surface area contributed by atoms with Gasteiger partial charge >= 0.3 is 5.97 Å². The molecular formula is C10H9NO2. The van der Waals surface area contributed by atoms with E-state index in [1.54, 1.807) is 12.3 Å². The number of fused-ring (bicyclic) bond motifs is 1. The quantitative estimate of drug-likeness (QED) is 0.602. The van der Waals surface area contributed by atoms with E-state index in [0.717, 1.165) is 11.3 Å². The summed E-state index contributed by atoms with van der Waals surface area (Å²) in [6.07, 6.45) is 4.13. The molecule has 0 amide bonds. The van der Waals surface area contributed by atoms with Crippen molar-refractivity contribution in [3.05, 3.63) is 35.2 Å². The third-order valence-corrected chi connectivity index (χ3v) is 2.07. The van der Waals surface area contributed by atoms with Gasteiger partial charge in [-0.05, 0) is 17.7 Å². The average molecular weight is 175 g/mol. The van der Waals surface area contributed by atoms with E-state index < -0.39 is 0 Å². The number of carbonyl (C=O) groups excluding carboxylic acids is 1. The molecule has 0 atom stereocenters. The topological polar surface area (TPSA) is 39.2 Å². The Hall–Kier alpha value is -1.64. The van der Waals surface area contributed by atoms with Crippen LogP contribution in [0.2, 0.25) is 0 Å². The van der Waals surface area contributed by atoms with E-state index in [1.807, 2.05) is 12.1 Å². The van der Waals surface area contributed by atoms with E-state index in [9.17, 15) is 4.79 Å². The summed E-state index contributed by atoms with van der Waals surface area (Å²) in [6.45, 7) is 0. The monoisotopic (exact) mass is 175 g/mol. The number of aromatic nitrogens is 1. The Kier molecular flexibility index (Phi) is 1.85. The lowest BCUT2D eigenvalue weighted by Gasteiger charge is -1.97. The number of carbonyl (C=O) groups is 1. The summed E-state index contributed by atoms with van der Waals surface area (Å²) in [7, 11) is 1.39. The standard InChI is InChI=1S/C10H9NO2/c1-13-10(12)8-5-7-3-2-4-11-9(7)6-8/h2-4,6H,5H2,1H3. The molecule has 3 heteroatoms. The van der Waals surface area contributed by atoms with Gasteiger partial charge in [0.05, 0.1) is 12.8 Å². The van der Waals surface area contributed by atoms with Crippen molar-refractivity contribution in [1.82, 2.24) is 4.98 Å². The van der Waals surface area contributed by atoms with Crippen LogP contribution in [-0.2, 0) is 16.0 Å². The second-order valence-corrected chi connectivity index (χ2v) is 2.89. The number of ether oxygens (including phenoxy) is 1. The van der Waals surface area contributed by atoms with Gasteiger partial charge in [-0.15, -0.1) is 0 Å². The number of rotatable bonds is 1. The van der Waals surface area contributed by atoms with Crippen LogP contribution < -0.4 is 0 Å². The highest BCUT2D eigenvalue weighted by molar-refractivity contribution is 5.96. The third-order valence-electron chi connectivity index (χ3n) is 2.07. The molecule has 1 heterocycles. The fraction of sp³-hybridized carbons (Fsp3) is 0.200. The summed E-state index contributed by atoms with van der Waals surface area (Å²) in [6, 6.07) is 3.83. The maximum Gasteiger partial charge on any atom is 0.334 e. The zero-order valence-electron chi connectivity index (χ0n) is 7.28. The Bertz CT molecular complexity index is 382. The molecule has 0 saturated carbocycles. The highest BCUT2D eigenvalue weighted by Crippen LogP contribution is 2.22. The molecule has 1 aromatic heterocycles. The Balaban J connectivity index is 2.31. The summed E-state index contributed by atoms with van der Waals surface area (Å²) in [5.41, 5.74) is 2.64. The zero-order chi connectivity index (χ0) is 9.26. The summed E-state index contributed by atoms with van der Waals surface area (Å²) in [5.74, 6) is -0.266. The van der Waals surface area contributed by atoms with Crippen LogP contribution in [0.4, 0.5) is 0 Å². The van der Waals surface area contributed by atoms with Crippen molar-refractivity contribution in [2.75, 3.05) is 7.11 Å². The third kappa shape index (κ3) is 1.33. The Labute approximate surface area is 76.1 Å². The van der Waals surface area contributed by atoms with Crippen LogP contribution in [0.3, 0.4) is 0 Å². The maximum atomic E-state index is 11.2. The molecule has 0 spiro atoms. The van der Waals surface area contributed by atoms with Gasteiger partial charge in [-0.1, -0.05) is 6.07 Å². The van der Waals surface area contributed by atoms with Crippen LogP contribution in [0, 0.1) is 0 Å². The number of hydrogen-bond donors (Lipinski definition) is 0. The van der Waals surface area contributed by atoms with Crippen molar-refractivity contribution in [1.29, 1.82) is 0 Å². The number of pyridine rings is 1. The van der Waals surface area contributed by atoms with Gasteiger partial charge in [0.1, 0.15) is 0 Å². The average Bonchev–Trinajstić information content (AvgIpc) is 2.59. The lowest BCUT2D eigenvalue weighted by atomic mass is 10.2. The van der Waals surface area contributed by atoms with Gasteiger partial charge in [0.2, 0.25) is 0 Å². The number of methoxy groups -OCH3 is 1. The van der Waals surface area contributed by atoms with E-state index in [1.165, 1.54) is 7.11 Å². The first-order chi connectivity index (χ1) is 6.31. The van der Waals surface area contributed by atoms with E-state index in [2.05, 4.69) is 9.72 Å². The second kappa shape index (κ2) is 3.01. The Morgan fingerprint density at radius 1 is 1.62 bits per heavy atom. The van der Waals surface area contributed by atoms with Crippen LogP contribution in [0.25, 0.3) is 6.08 Å². The van der Waals surface area contributed by atoms with Crippen LogP contribution >= 0.6 is 0 Å². The van der Waals surface area contributed by atoms with Gasteiger partial charge in [-0.3, -0.25) is 4.98 Å². The zero-order valence-corrected chi connectivity index (χ0v) is 7.28. The minimum Gasteiger partial charge on any atom is -0.466 e. The van der Waals surface area contributed by atoms with Gasteiger partial charge in [-0.25, -0.2) is 4.79 Å². The minimum absolute atomic E-state index is 0.266. The predicted molar refractivity (Wildman–Crippen MR) is 47.9 cm³/mol. The van der Waals surface area contributed by atoms with E-state index in [0.29, 0.717) is 12.0 Å². The summed E-state index contributed by atoms with van der Waals surface area (Å²) < 4.78 is 4.63. The van der Waals surface area contributed by atoms with Gasteiger partial charge in [0, 0.05) is 18.2 Å². The Morgan fingerprint density at radius 2 is 2.46 bits per heavy atom. The molecule has 1 aliphatic carbocycles. The lowest BCUT2D eigenvalue weighted by molar-refractivity contribution is -0.136. The molecule has 3 nitrogen and oxygen atoms in total. The van der Waals surface area contributed by atoms with Crippen molar-refractivity contribution in [2.24, 2.45) is 0 Å². The van der Waals surface area contributed by atoms with Crippen LogP contribution in [-0.4, -0.2) is 18.1 Å². The van der Waals surface area contributed by atoms with Gasteiger partial charge < -0.3 is 4.74 Å². The van der Waals surface area contributed by atoms with Crippen LogP contribution in [0.15, 0.2) is 23.9 Å². The molecule has 0 fully saturated rings. The molecule has 0 bridgehead atoms. The van der Waals surface area contributed by atoms with Crippen LogP contribution in [0.1, 0.15) is 11.3 Å². The van der Waals surface area contributed by atoms with E-state index in [4.69, 9.17) is 0 Å². The van der Waals surface area contributed by atoms with Crippen molar-refractivity contribution >= 4 is 12.0 Å². The molecule has 13 heavy (non-hydrogen) atoms. The molecule has 1 aromatic rings. The van der Waals surface area contributed by atoms with Crippen molar-refractivity contribution < 1.29 is 9.53 Å². The van der Waals surface area contributed by atoms with Gasteiger partial charge in [0.15, 0.2) is 0 Å². The van der Waals surface area contributed by atoms with Crippen LogP contribution in [0.5, 0.6) is 0 Å². The summed E-state index contributed by atoms with van der Waals surface area (Å²) >= 11 is 0. The molecule has 0 unspecified atom stereocenters. The smallest absolute Gasteiger partial charge is 0.334 e. The van der Waals surface area contributed by atoms with Crippen molar-refractivity contribution in [3.8, 4) is 0 Å². The van der Waals surface area contributed by atoms with E-state index in [-0.39, 0.29) is 5.97 Å². The molecule has 0 radical (unpaired) electrons. The highest BCUT2D eigenvalue weighted by atomic mass is 16.5. The molecule has 66 valence electrons. The molecule has 0 saturated heterocycles. The number of hydrogen-bond acceptors (Lipinski definition) is 3. The Morgan fingerprint density at radius 3 is 3.15 bits per heavy atom. The minimum atomic E-state index is -0.266. The molecule has 0 N–H and O–H groups in total.